The Morgan fingerprint density at radius 3 is 2.33 bits per heavy atom. The molecule has 1 aromatic rings. The number of hydrogen-bond acceptors (Lipinski definition) is 8. The van der Waals surface area contributed by atoms with Crippen LogP contribution in [0.4, 0.5) is 0 Å². The fourth-order valence-electron chi connectivity index (χ4n) is 7.06. The molecule has 0 aliphatic heterocycles. The second-order valence-electron chi connectivity index (χ2n) is 10.8. The molecular weight excluding hydrogens is 464 g/mol. The smallest absolute Gasteiger partial charge is 0.255 e. The molecule has 9 heteroatoms. The fourth-order valence-corrected chi connectivity index (χ4v) is 7.06. The van der Waals surface area contributed by atoms with Gasteiger partial charge in [-0.2, -0.15) is 0 Å². The van der Waals surface area contributed by atoms with Crippen LogP contribution in [0.3, 0.4) is 0 Å². The van der Waals surface area contributed by atoms with Gasteiger partial charge in [-0.25, -0.2) is 0 Å². The first kappa shape index (κ1) is 24.5. The fraction of sp³-hybridized carbons (Fsp3) is 0.519. The Morgan fingerprint density at radius 1 is 1.06 bits per heavy atom. The van der Waals surface area contributed by atoms with E-state index in [4.69, 9.17) is 5.73 Å². The lowest BCUT2D eigenvalue weighted by Gasteiger charge is -2.50. The first-order valence-corrected chi connectivity index (χ1v) is 12.5. The summed E-state index contributed by atoms with van der Waals surface area (Å²) in [7, 11) is 3.18. The van der Waals surface area contributed by atoms with E-state index >= 15 is 0 Å². The Morgan fingerprint density at radius 2 is 1.72 bits per heavy atom. The van der Waals surface area contributed by atoms with E-state index in [-0.39, 0.29) is 29.2 Å². The van der Waals surface area contributed by atoms with Crippen LogP contribution in [0.25, 0.3) is 5.76 Å². The van der Waals surface area contributed by atoms with Crippen LogP contribution in [0.1, 0.15) is 61.1 Å². The highest BCUT2D eigenvalue weighted by Gasteiger charge is 2.64. The van der Waals surface area contributed by atoms with Gasteiger partial charge in [-0.3, -0.25) is 19.3 Å². The predicted molar refractivity (Wildman–Crippen MR) is 130 cm³/mol. The van der Waals surface area contributed by atoms with Gasteiger partial charge in [0.15, 0.2) is 11.4 Å². The maximum absolute atomic E-state index is 13.9. The van der Waals surface area contributed by atoms with Crippen LogP contribution in [-0.4, -0.2) is 68.5 Å². The van der Waals surface area contributed by atoms with Gasteiger partial charge in [-0.1, -0.05) is 25.3 Å². The highest BCUT2D eigenvalue weighted by molar-refractivity contribution is 6.24. The maximum Gasteiger partial charge on any atom is 0.255 e. The summed E-state index contributed by atoms with van der Waals surface area (Å²) < 4.78 is 0. The van der Waals surface area contributed by atoms with Crippen LogP contribution < -0.4 is 5.73 Å². The van der Waals surface area contributed by atoms with Gasteiger partial charge in [-0.15, -0.1) is 0 Å². The number of hydrogen-bond donors (Lipinski definition) is 5. The molecule has 2 fully saturated rings. The largest absolute Gasteiger partial charge is 0.508 e. The van der Waals surface area contributed by atoms with Crippen molar-refractivity contribution in [1.82, 2.24) is 4.90 Å². The molecule has 0 spiro atoms. The van der Waals surface area contributed by atoms with Crippen molar-refractivity contribution in [2.45, 2.75) is 62.5 Å². The molecule has 4 atom stereocenters. The quantitative estimate of drug-likeness (QED) is 0.397. The number of Topliss-reactive ketones (excluding diaryl/α,β-unsaturated/α-hetero) is 2. The van der Waals surface area contributed by atoms with E-state index in [2.05, 4.69) is 0 Å². The molecule has 0 saturated heterocycles. The van der Waals surface area contributed by atoms with E-state index in [1.807, 2.05) is 6.07 Å². The number of aromatic hydroxyl groups is 1. The van der Waals surface area contributed by atoms with Crippen LogP contribution >= 0.6 is 0 Å². The van der Waals surface area contributed by atoms with E-state index in [1.54, 1.807) is 14.1 Å². The van der Waals surface area contributed by atoms with Gasteiger partial charge in [0.25, 0.3) is 5.91 Å². The first-order chi connectivity index (χ1) is 17.0. The average Bonchev–Trinajstić information content (AvgIpc) is 2.81. The van der Waals surface area contributed by atoms with Gasteiger partial charge in [-0.05, 0) is 68.8 Å². The summed E-state index contributed by atoms with van der Waals surface area (Å²) in [6.07, 6.45) is 5.84. The molecule has 4 aliphatic rings. The molecule has 0 heterocycles. The van der Waals surface area contributed by atoms with Crippen molar-refractivity contribution < 1.29 is 34.8 Å². The molecule has 1 aromatic carbocycles. The molecule has 4 aliphatic carbocycles. The molecule has 0 unspecified atom stereocenters. The minimum atomic E-state index is -2.61. The highest BCUT2D eigenvalue weighted by Crippen LogP contribution is 2.53. The number of carbonyl (C=O) groups is 3. The normalized spacial score (nSPS) is 30.8. The molecule has 9 nitrogen and oxygen atoms in total. The second-order valence-corrected chi connectivity index (χ2v) is 10.8. The molecule has 1 amide bonds. The lowest BCUT2D eigenvalue weighted by atomic mass is 9.57. The Bertz CT molecular complexity index is 1240. The van der Waals surface area contributed by atoms with Crippen molar-refractivity contribution in [1.29, 1.82) is 0 Å². The molecular formula is C27H32N2O7. The van der Waals surface area contributed by atoms with Crippen LogP contribution in [0.5, 0.6) is 5.75 Å². The van der Waals surface area contributed by atoms with E-state index in [9.17, 15) is 34.8 Å². The van der Waals surface area contributed by atoms with Crippen LogP contribution in [0.15, 0.2) is 29.0 Å². The molecule has 6 N–H and O–H groups in total. The van der Waals surface area contributed by atoms with E-state index in [1.165, 1.54) is 17.4 Å². The third kappa shape index (κ3) is 3.25. The number of primary amides is 1. The van der Waals surface area contributed by atoms with Crippen molar-refractivity contribution in [3.63, 3.8) is 0 Å². The van der Waals surface area contributed by atoms with E-state index in [0.717, 1.165) is 36.8 Å². The number of likely N-dealkylation sites (N-methyl/N-ethyl adjacent to an activating group) is 1. The predicted octanol–water partition coefficient (Wildman–Crippen LogP) is 2.01. The zero-order chi connectivity index (χ0) is 26.1. The molecule has 5 rings (SSSR count). The summed E-state index contributed by atoms with van der Waals surface area (Å²) in [5.41, 5.74) is 3.83. The topological polar surface area (TPSA) is 161 Å². The number of nitrogens with two attached hydrogens (primary N) is 1. The standard InChI is InChI=1S/C27H32N2O7/c1-29(2)21-16-11-13-10-15-14(12-6-4-3-5-7-12)8-9-17(30)19(15)22(31)18(13)24(33)27(16,36)25(34)20(23(21)32)26(28)35/h8-9,12-13,16,21,30-31,34,36H,3-7,10-11H2,1-2H3,(H2,28,35)/t13-,16-,21-,27-/m1/s1. The zero-order valence-electron chi connectivity index (χ0n) is 20.5. The maximum atomic E-state index is 13.9. The number of rotatable bonds is 3. The number of phenolic OH excluding ortho intramolecular Hbond substituents is 1. The third-order valence-electron chi connectivity index (χ3n) is 8.69. The Kier molecular flexibility index (Phi) is 5.76. The van der Waals surface area contributed by atoms with Gasteiger partial charge >= 0.3 is 0 Å². The number of amides is 1. The number of aliphatic hydroxyl groups excluding tert-OH is 2. The third-order valence-corrected chi connectivity index (χ3v) is 8.69. The van der Waals surface area contributed by atoms with Crippen molar-refractivity contribution in [2.75, 3.05) is 14.1 Å². The second kappa shape index (κ2) is 8.45. The lowest BCUT2D eigenvalue weighted by Crippen LogP contribution is -2.65. The highest BCUT2D eigenvalue weighted by atomic mass is 16.3. The first-order valence-electron chi connectivity index (χ1n) is 12.5. The lowest BCUT2D eigenvalue weighted by molar-refractivity contribution is -0.153. The van der Waals surface area contributed by atoms with E-state index < -0.39 is 58.0 Å². The zero-order valence-corrected chi connectivity index (χ0v) is 20.5. The van der Waals surface area contributed by atoms with Gasteiger partial charge in [0, 0.05) is 11.5 Å². The number of benzene rings is 1. The Hall–Kier alpha value is -3.17. The molecule has 36 heavy (non-hydrogen) atoms. The van der Waals surface area contributed by atoms with E-state index in [0.29, 0.717) is 6.42 Å². The van der Waals surface area contributed by atoms with Gasteiger partial charge in [0.2, 0.25) is 5.78 Å². The average molecular weight is 497 g/mol. The summed E-state index contributed by atoms with van der Waals surface area (Å²) in [6, 6.07) is 2.34. The summed E-state index contributed by atoms with van der Waals surface area (Å²) in [6.45, 7) is 0. The SMILES string of the molecule is CN(C)[C@H]1C(=O)C(C(N)=O)=C(O)[C@]2(O)C(=O)C3=C(O)c4c(O)ccc(C5CCCCC5)c4C[C@@H]3C[C@H]12. The number of carbonyl (C=O) groups excluding carboxylic acids is 3. The number of nitrogens with zero attached hydrogens (tertiary/aromatic N) is 1. The molecule has 2 saturated carbocycles. The minimum absolute atomic E-state index is 0.103. The van der Waals surface area contributed by atoms with Crippen molar-refractivity contribution in [3.05, 3.63) is 45.7 Å². The molecule has 0 aromatic heterocycles. The number of phenols is 1. The van der Waals surface area contributed by atoms with Crippen LogP contribution in [-0.2, 0) is 20.8 Å². The van der Waals surface area contributed by atoms with Crippen LogP contribution in [0.2, 0.25) is 0 Å². The number of fused-ring (bicyclic) bond motifs is 3. The van der Waals surface area contributed by atoms with Crippen molar-refractivity contribution >= 4 is 23.2 Å². The Balaban J connectivity index is 1.70. The van der Waals surface area contributed by atoms with Gasteiger partial charge < -0.3 is 26.2 Å². The Labute approximate surface area is 208 Å². The summed E-state index contributed by atoms with van der Waals surface area (Å²) in [5, 5.41) is 44.6. The van der Waals surface area contributed by atoms with Crippen molar-refractivity contribution in [2.24, 2.45) is 17.6 Å². The minimum Gasteiger partial charge on any atom is -0.508 e. The summed E-state index contributed by atoms with van der Waals surface area (Å²) in [5.74, 6) is -5.96. The molecule has 192 valence electrons. The van der Waals surface area contributed by atoms with Gasteiger partial charge in [0.1, 0.15) is 22.8 Å². The number of aliphatic hydroxyl groups is 3. The monoisotopic (exact) mass is 496 g/mol. The molecule has 0 bridgehead atoms. The number of ketones is 2. The molecule has 0 radical (unpaired) electrons. The van der Waals surface area contributed by atoms with Gasteiger partial charge in [0.05, 0.1) is 11.6 Å². The van der Waals surface area contributed by atoms with Crippen molar-refractivity contribution in [3.8, 4) is 5.75 Å². The summed E-state index contributed by atoms with van der Waals surface area (Å²) >= 11 is 0. The van der Waals surface area contributed by atoms with Crippen LogP contribution in [0, 0.1) is 11.8 Å². The summed E-state index contributed by atoms with van der Waals surface area (Å²) in [4.78, 5) is 40.6.